The Morgan fingerprint density at radius 1 is 1.05 bits per heavy atom. The van der Waals surface area contributed by atoms with Crippen molar-refractivity contribution in [2.45, 2.75) is 25.3 Å². The van der Waals surface area contributed by atoms with Gasteiger partial charge in [-0.05, 0) is 44.8 Å². The van der Waals surface area contributed by atoms with Crippen LogP contribution in [0.3, 0.4) is 0 Å². The third kappa shape index (κ3) is 9.96. The van der Waals surface area contributed by atoms with Gasteiger partial charge in [0.1, 0.15) is 5.56 Å². The lowest BCUT2D eigenvalue weighted by molar-refractivity contribution is -0.143. The molecule has 0 fully saturated rings. The molecule has 218 valence electrons. The largest absolute Gasteiger partial charge is 0.661 e. The molecule has 0 amide bonds. The van der Waals surface area contributed by atoms with Crippen molar-refractivity contribution in [3.05, 3.63) is 81.3 Å². The fraction of sp³-hybridized carbons (Fsp3) is 0.346. The number of carboxylic acids is 1. The minimum atomic E-state index is -4.80. The number of aromatic nitrogens is 2. The molecule has 40 heavy (non-hydrogen) atoms. The van der Waals surface area contributed by atoms with Crippen LogP contribution in [-0.2, 0) is 18.9 Å². The number of alkyl halides is 6. The standard InChI is InChI=1S/C16H18ClN3O3.C10H8F6N/c1-20(2)8-5-9-23-16-18-10-12(15(21)22)14(19-16)11-6-3-4-7-13(11)17;1-17-5-6-2-7(9(11,12)13)4-8(3-6)10(14,15)16/h3-4,6-7,10H,5,8-9H2,1-2H3,(H,21,22);2-4H,5H2,1H3/q;-1. The topological polar surface area (TPSA) is 89.7 Å². The molecule has 0 aliphatic rings. The first kappa shape index (κ1) is 32.8. The van der Waals surface area contributed by atoms with Crippen molar-refractivity contribution in [3.8, 4) is 17.3 Å². The molecule has 1 N–H and O–H groups in total. The smallest absolute Gasteiger partial charge is 0.416 e. The van der Waals surface area contributed by atoms with Gasteiger partial charge in [-0.15, -0.1) is 6.54 Å². The number of hydrogen-bond donors (Lipinski definition) is 1. The summed E-state index contributed by atoms with van der Waals surface area (Å²) in [6.45, 7) is 1.14. The summed E-state index contributed by atoms with van der Waals surface area (Å²) in [5.41, 5.74) is -1.97. The summed E-state index contributed by atoms with van der Waals surface area (Å²) in [7, 11) is 5.27. The molecule has 14 heteroatoms. The first-order valence-corrected chi connectivity index (χ1v) is 12.0. The van der Waals surface area contributed by atoms with Crippen molar-refractivity contribution in [2.75, 3.05) is 34.3 Å². The average molecular weight is 592 g/mol. The molecule has 0 aliphatic heterocycles. The molecule has 2 aromatic carbocycles. The van der Waals surface area contributed by atoms with Gasteiger partial charge in [0.2, 0.25) is 0 Å². The summed E-state index contributed by atoms with van der Waals surface area (Å²) < 4.78 is 79.8. The summed E-state index contributed by atoms with van der Waals surface area (Å²) >= 11 is 6.15. The third-order valence-corrected chi connectivity index (χ3v) is 5.42. The van der Waals surface area contributed by atoms with Gasteiger partial charge in [0.05, 0.1) is 23.4 Å². The summed E-state index contributed by atoms with van der Waals surface area (Å²) in [5, 5.41) is 13.3. The zero-order valence-corrected chi connectivity index (χ0v) is 22.4. The number of ether oxygens (including phenoxy) is 1. The molecule has 3 rings (SSSR count). The zero-order valence-electron chi connectivity index (χ0n) is 21.6. The highest BCUT2D eigenvalue weighted by Gasteiger charge is 2.36. The van der Waals surface area contributed by atoms with Gasteiger partial charge >= 0.3 is 24.3 Å². The van der Waals surface area contributed by atoms with Crippen LogP contribution >= 0.6 is 11.6 Å². The minimum absolute atomic E-state index is 0.0151. The van der Waals surface area contributed by atoms with Crippen LogP contribution < -0.4 is 4.74 Å². The number of benzene rings is 2. The Kier molecular flexibility index (Phi) is 11.7. The van der Waals surface area contributed by atoms with Crippen LogP contribution in [0.15, 0.2) is 48.7 Å². The van der Waals surface area contributed by atoms with E-state index in [-0.39, 0.29) is 35.4 Å². The molecule has 1 heterocycles. The molecule has 0 bridgehead atoms. The zero-order chi connectivity index (χ0) is 30.1. The normalized spacial score (nSPS) is 11.7. The van der Waals surface area contributed by atoms with E-state index in [0.717, 1.165) is 13.0 Å². The van der Waals surface area contributed by atoms with Crippen molar-refractivity contribution < 1.29 is 41.0 Å². The number of carbonyl (C=O) groups is 1. The maximum absolute atomic E-state index is 12.4. The molecular weight excluding hydrogens is 566 g/mol. The maximum atomic E-state index is 12.4. The predicted molar refractivity (Wildman–Crippen MR) is 138 cm³/mol. The van der Waals surface area contributed by atoms with E-state index in [4.69, 9.17) is 16.3 Å². The van der Waals surface area contributed by atoms with Gasteiger partial charge in [0.25, 0.3) is 0 Å². The predicted octanol–water partition coefficient (Wildman–Crippen LogP) is 7.05. The molecule has 0 atom stereocenters. The van der Waals surface area contributed by atoms with Gasteiger partial charge in [0.15, 0.2) is 0 Å². The van der Waals surface area contributed by atoms with Gasteiger partial charge < -0.3 is 20.1 Å². The van der Waals surface area contributed by atoms with Crippen molar-refractivity contribution in [1.29, 1.82) is 0 Å². The van der Waals surface area contributed by atoms with Crippen molar-refractivity contribution in [3.63, 3.8) is 0 Å². The van der Waals surface area contributed by atoms with Crippen molar-refractivity contribution in [1.82, 2.24) is 14.9 Å². The number of rotatable bonds is 9. The number of hydrogen-bond acceptors (Lipinski definition) is 5. The van der Waals surface area contributed by atoms with Crippen molar-refractivity contribution in [2.24, 2.45) is 0 Å². The van der Waals surface area contributed by atoms with E-state index in [0.29, 0.717) is 29.3 Å². The molecule has 0 unspecified atom stereocenters. The Labute approximate surface area is 231 Å². The monoisotopic (exact) mass is 591 g/mol. The molecule has 1 aromatic heterocycles. The first-order chi connectivity index (χ1) is 18.6. The fourth-order valence-electron chi connectivity index (χ4n) is 3.29. The van der Waals surface area contributed by atoms with Crippen LogP contribution in [0.25, 0.3) is 16.6 Å². The number of carboxylic acid groups (broad SMARTS) is 1. The maximum Gasteiger partial charge on any atom is 0.416 e. The number of nitrogens with zero attached hydrogens (tertiary/aromatic N) is 4. The summed E-state index contributed by atoms with van der Waals surface area (Å²) in [4.78, 5) is 21.6. The van der Waals surface area contributed by atoms with Crippen molar-refractivity contribution >= 4 is 17.6 Å². The molecule has 0 saturated carbocycles. The van der Waals surface area contributed by atoms with E-state index in [1.165, 1.54) is 13.2 Å². The Balaban J connectivity index is 0.000000294. The molecule has 0 radical (unpaired) electrons. The van der Waals surface area contributed by atoms with E-state index in [1.54, 1.807) is 24.3 Å². The summed E-state index contributed by atoms with van der Waals surface area (Å²) in [6.07, 6.45) is -7.54. The minimum Gasteiger partial charge on any atom is -0.661 e. The second-order valence-electron chi connectivity index (χ2n) is 8.59. The highest BCUT2D eigenvalue weighted by atomic mass is 35.5. The Bertz CT molecular complexity index is 1250. The van der Waals surface area contributed by atoms with Gasteiger partial charge in [-0.1, -0.05) is 35.4 Å². The average Bonchev–Trinajstić information content (AvgIpc) is 2.86. The Hall–Kier alpha value is -3.42. The lowest BCUT2D eigenvalue weighted by Gasteiger charge is -2.17. The highest BCUT2D eigenvalue weighted by Crippen LogP contribution is 2.36. The van der Waals surface area contributed by atoms with E-state index < -0.39 is 29.4 Å². The van der Waals surface area contributed by atoms with Crippen LogP contribution in [0.5, 0.6) is 6.01 Å². The van der Waals surface area contributed by atoms with Crippen LogP contribution in [0.2, 0.25) is 5.02 Å². The molecule has 7 nitrogen and oxygen atoms in total. The van der Waals surface area contributed by atoms with Crippen LogP contribution in [0.4, 0.5) is 26.3 Å². The number of halogens is 7. The quantitative estimate of drug-likeness (QED) is 0.212. The van der Waals surface area contributed by atoms with Gasteiger partial charge in [-0.2, -0.15) is 38.4 Å². The van der Waals surface area contributed by atoms with Gasteiger partial charge in [-0.25, -0.2) is 9.78 Å². The van der Waals surface area contributed by atoms with Crippen LogP contribution in [0.1, 0.15) is 33.5 Å². The molecular formula is C26H26ClF6N4O3-. The first-order valence-electron chi connectivity index (χ1n) is 11.6. The van der Waals surface area contributed by atoms with Gasteiger partial charge in [-0.3, -0.25) is 0 Å². The van der Waals surface area contributed by atoms with Gasteiger partial charge in [0, 0.05) is 23.3 Å². The fourth-order valence-corrected chi connectivity index (χ4v) is 3.51. The van der Waals surface area contributed by atoms with E-state index in [9.17, 15) is 36.2 Å². The van der Waals surface area contributed by atoms with E-state index in [1.807, 2.05) is 19.0 Å². The third-order valence-electron chi connectivity index (χ3n) is 5.10. The second kappa shape index (κ2) is 14.3. The summed E-state index contributed by atoms with van der Waals surface area (Å²) in [5.74, 6) is -1.11. The summed E-state index contributed by atoms with van der Waals surface area (Å²) in [6, 6.07) is 8.51. The highest BCUT2D eigenvalue weighted by molar-refractivity contribution is 6.33. The lowest BCUT2D eigenvalue weighted by Crippen LogP contribution is -2.16. The second-order valence-corrected chi connectivity index (χ2v) is 9.00. The molecule has 0 saturated heterocycles. The SMILES string of the molecule is CN(C)CCCOc1ncc(C(=O)O)c(-c2ccccc2Cl)n1.C[N-]Cc1cc(C(F)(F)F)cc(C(F)(F)F)c1. The van der Waals surface area contributed by atoms with Crippen LogP contribution in [-0.4, -0.2) is 60.2 Å². The van der Waals surface area contributed by atoms with E-state index >= 15 is 0 Å². The Morgan fingerprint density at radius 2 is 1.65 bits per heavy atom. The van der Waals surface area contributed by atoms with Crippen LogP contribution in [0, 0.1) is 0 Å². The number of aromatic carboxylic acids is 1. The van der Waals surface area contributed by atoms with E-state index in [2.05, 4.69) is 15.3 Å². The molecule has 0 aliphatic carbocycles. The molecule has 3 aromatic rings. The lowest BCUT2D eigenvalue weighted by atomic mass is 10.0. The molecule has 0 spiro atoms. The Morgan fingerprint density at radius 3 is 2.15 bits per heavy atom.